The number of pyridine rings is 2. The van der Waals surface area contributed by atoms with Crippen LogP contribution in [0, 0.1) is 5.92 Å². The molecule has 5 heterocycles. The van der Waals surface area contributed by atoms with Crippen molar-refractivity contribution in [3.05, 3.63) is 132 Å². The first-order valence-corrected chi connectivity index (χ1v) is 19.0. The van der Waals surface area contributed by atoms with Gasteiger partial charge in [-0.3, -0.25) is 14.4 Å². The van der Waals surface area contributed by atoms with Gasteiger partial charge in [-0.1, -0.05) is 36.4 Å². The van der Waals surface area contributed by atoms with E-state index in [0.717, 1.165) is 59.5 Å². The lowest BCUT2D eigenvalue weighted by molar-refractivity contribution is -0.126. The Morgan fingerprint density at radius 2 is 1.21 bits per heavy atom. The number of carbonyl (C=O) groups excluding carboxylic acids is 3. The molecule has 12 nitrogen and oxygen atoms in total. The van der Waals surface area contributed by atoms with Gasteiger partial charge in [0.15, 0.2) is 0 Å². The Labute approximate surface area is 333 Å². The number of aryl methyl sites for hydroxylation is 2. The molecule has 0 aliphatic carbocycles. The van der Waals surface area contributed by atoms with E-state index < -0.39 is 0 Å². The standard InChI is InChI=1S/C26H31N5O2.C19H20N4O/c1-29-14-12-20(13-15-29)26(33)28-24-10-8-19(17-27-24)9-11-25(32)30(2)18-22-16-21-6-4-5-7-23(21)31(22)3;1-22(19(24)10-8-14-7-9-18(20)21-12-14)13-16-11-15-5-3-4-6-17(15)23(16)2/h4-11,16-17,20H,12-15,18H2,1-3H3,(H,27,28,33);3-12H,13H2,1-2H3,(H2,20,21)/b11-9+;10-8+. The molecule has 2 aromatic carbocycles. The number of para-hydroxylation sites is 2. The molecule has 4 aromatic heterocycles. The van der Waals surface area contributed by atoms with Crippen molar-refractivity contribution in [3.8, 4) is 0 Å². The van der Waals surface area contributed by atoms with Crippen molar-refractivity contribution in [2.75, 3.05) is 45.3 Å². The lowest BCUT2D eigenvalue weighted by atomic mass is 9.96. The van der Waals surface area contributed by atoms with E-state index >= 15 is 0 Å². The molecule has 3 amide bonds. The van der Waals surface area contributed by atoms with E-state index in [9.17, 15) is 14.4 Å². The number of hydrogen-bond acceptors (Lipinski definition) is 7. The highest BCUT2D eigenvalue weighted by atomic mass is 16.2. The Kier molecular flexibility index (Phi) is 13.0. The number of likely N-dealkylation sites (tertiary alicyclic amines) is 1. The topological polar surface area (TPSA) is 135 Å². The molecule has 57 heavy (non-hydrogen) atoms. The number of anilines is 2. The second kappa shape index (κ2) is 18.4. The molecule has 0 atom stereocenters. The molecule has 294 valence electrons. The van der Waals surface area contributed by atoms with E-state index in [1.165, 1.54) is 10.8 Å². The first kappa shape index (κ1) is 40.1. The van der Waals surface area contributed by atoms with Crippen molar-refractivity contribution in [1.82, 2.24) is 33.8 Å². The van der Waals surface area contributed by atoms with Gasteiger partial charge in [0, 0.05) is 81.1 Å². The number of amides is 3. The van der Waals surface area contributed by atoms with Gasteiger partial charge in [-0.05, 0) is 116 Å². The van der Waals surface area contributed by atoms with Gasteiger partial charge in [-0.2, -0.15) is 0 Å². The predicted molar refractivity (Wildman–Crippen MR) is 229 cm³/mol. The molecule has 1 aliphatic heterocycles. The lowest BCUT2D eigenvalue weighted by Gasteiger charge is -2.27. The van der Waals surface area contributed by atoms with Gasteiger partial charge >= 0.3 is 0 Å². The van der Waals surface area contributed by atoms with Crippen LogP contribution in [0.1, 0.15) is 35.4 Å². The van der Waals surface area contributed by atoms with Crippen LogP contribution < -0.4 is 11.1 Å². The fourth-order valence-electron chi connectivity index (χ4n) is 6.82. The summed E-state index contributed by atoms with van der Waals surface area (Å²) < 4.78 is 4.23. The molecule has 1 saturated heterocycles. The second-order valence-corrected chi connectivity index (χ2v) is 14.6. The second-order valence-electron chi connectivity index (χ2n) is 14.6. The van der Waals surface area contributed by atoms with Gasteiger partial charge in [0.05, 0.1) is 13.1 Å². The first-order valence-electron chi connectivity index (χ1n) is 19.0. The number of hydrogen-bond donors (Lipinski definition) is 2. The number of aromatic nitrogens is 4. The van der Waals surface area contributed by atoms with Gasteiger partial charge in [-0.15, -0.1) is 0 Å². The average molecular weight is 766 g/mol. The molecule has 6 aromatic rings. The number of nitrogens with two attached hydrogens (primary N) is 1. The predicted octanol–water partition coefficient (Wildman–Crippen LogP) is 6.35. The first-order chi connectivity index (χ1) is 27.4. The van der Waals surface area contributed by atoms with Crippen LogP contribution in [-0.4, -0.2) is 85.8 Å². The summed E-state index contributed by atoms with van der Waals surface area (Å²) >= 11 is 0. The molecule has 7 rings (SSSR count). The number of likely N-dealkylation sites (N-methyl/N-ethyl adjacent to an activating group) is 2. The number of fused-ring (bicyclic) bond motifs is 2. The molecule has 0 saturated carbocycles. The maximum atomic E-state index is 12.6. The monoisotopic (exact) mass is 765 g/mol. The van der Waals surface area contributed by atoms with Crippen molar-refractivity contribution in [1.29, 1.82) is 0 Å². The van der Waals surface area contributed by atoms with Crippen molar-refractivity contribution in [2.24, 2.45) is 20.0 Å². The van der Waals surface area contributed by atoms with E-state index in [1.54, 1.807) is 72.7 Å². The zero-order valence-corrected chi connectivity index (χ0v) is 33.3. The van der Waals surface area contributed by atoms with E-state index in [2.05, 4.69) is 72.8 Å². The van der Waals surface area contributed by atoms with Gasteiger partial charge in [0.2, 0.25) is 17.7 Å². The fourth-order valence-corrected chi connectivity index (χ4v) is 6.82. The number of rotatable bonds is 10. The Balaban J connectivity index is 0.000000203. The average Bonchev–Trinajstić information content (AvgIpc) is 3.71. The van der Waals surface area contributed by atoms with Crippen LogP contribution >= 0.6 is 0 Å². The number of nitrogens with one attached hydrogen (secondary N) is 1. The van der Waals surface area contributed by atoms with Gasteiger partial charge < -0.3 is 34.9 Å². The summed E-state index contributed by atoms with van der Waals surface area (Å²) in [6, 6.07) is 27.8. The molecular weight excluding hydrogens is 715 g/mol. The Morgan fingerprint density at radius 3 is 1.67 bits per heavy atom. The van der Waals surface area contributed by atoms with Gasteiger partial charge in [0.25, 0.3) is 0 Å². The van der Waals surface area contributed by atoms with Crippen LogP contribution in [0.4, 0.5) is 11.6 Å². The third-order valence-electron chi connectivity index (χ3n) is 10.4. The molecule has 1 fully saturated rings. The number of nitrogen functional groups attached to an aromatic ring is 1. The maximum Gasteiger partial charge on any atom is 0.246 e. The summed E-state index contributed by atoms with van der Waals surface area (Å²) in [4.78, 5) is 51.3. The lowest BCUT2D eigenvalue weighted by Crippen LogP contribution is -2.36. The molecule has 0 radical (unpaired) electrons. The third-order valence-corrected chi connectivity index (χ3v) is 10.4. The van der Waals surface area contributed by atoms with Crippen molar-refractivity contribution < 1.29 is 14.4 Å². The van der Waals surface area contributed by atoms with E-state index in [4.69, 9.17) is 5.73 Å². The van der Waals surface area contributed by atoms with Crippen LogP contribution in [0.25, 0.3) is 34.0 Å². The minimum absolute atomic E-state index is 0.0315. The van der Waals surface area contributed by atoms with Crippen molar-refractivity contribution in [2.45, 2.75) is 25.9 Å². The van der Waals surface area contributed by atoms with Crippen molar-refractivity contribution >= 4 is 63.3 Å². The van der Waals surface area contributed by atoms with Crippen LogP contribution in [0.15, 0.2) is 109 Å². The van der Waals surface area contributed by atoms with Crippen LogP contribution in [0.5, 0.6) is 0 Å². The maximum absolute atomic E-state index is 12.6. The quantitative estimate of drug-likeness (QED) is 0.155. The summed E-state index contributed by atoms with van der Waals surface area (Å²) in [5.74, 6) is 0.931. The zero-order chi connectivity index (χ0) is 40.5. The smallest absolute Gasteiger partial charge is 0.246 e. The molecule has 3 N–H and O–H groups in total. The van der Waals surface area contributed by atoms with Crippen LogP contribution in [-0.2, 0) is 41.6 Å². The summed E-state index contributed by atoms with van der Waals surface area (Å²) in [6.07, 6.45) is 11.6. The number of carbonyl (C=O) groups is 3. The highest BCUT2D eigenvalue weighted by Gasteiger charge is 2.23. The number of nitrogens with zero attached hydrogens (tertiary/aromatic N) is 7. The molecule has 0 unspecified atom stereocenters. The summed E-state index contributed by atoms with van der Waals surface area (Å²) in [7, 11) is 9.71. The summed E-state index contributed by atoms with van der Waals surface area (Å²) in [6.45, 7) is 2.96. The Bertz CT molecular complexity index is 2390. The largest absolute Gasteiger partial charge is 0.384 e. The highest BCUT2D eigenvalue weighted by Crippen LogP contribution is 2.21. The molecular formula is C45H51N9O3. The molecule has 0 bridgehead atoms. The molecule has 1 aliphatic rings. The minimum Gasteiger partial charge on any atom is -0.384 e. The van der Waals surface area contributed by atoms with Crippen LogP contribution in [0.3, 0.4) is 0 Å². The minimum atomic E-state index is -0.0834. The Hall–Kier alpha value is -6.53. The zero-order valence-electron chi connectivity index (χ0n) is 33.3. The Morgan fingerprint density at radius 1 is 0.719 bits per heavy atom. The highest BCUT2D eigenvalue weighted by molar-refractivity contribution is 5.93. The van der Waals surface area contributed by atoms with Gasteiger partial charge in [-0.25, -0.2) is 9.97 Å². The number of piperidine rings is 1. The fraction of sp³-hybridized carbons (Fsp3) is 0.267. The number of benzene rings is 2. The summed E-state index contributed by atoms with van der Waals surface area (Å²) in [5.41, 5.74) is 11.7. The normalized spacial score (nSPS) is 13.6. The van der Waals surface area contributed by atoms with Crippen molar-refractivity contribution in [3.63, 3.8) is 0 Å². The van der Waals surface area contributed by atoms with Gasteiger partial charge in [0.1, 0.15) is 11.6 Å². The SMILES string of the molecule is CN(Cc1cc2ccccc2n1C)C(=O)/C=C/c1ccc(N)nc1.CN1CCC(C(=O)Nc2ccc(/C=C/C(=O)N(C)Cc3cc4ccccc4n3C)cn2)CC1. The van der Waals surface area contributed by atoms with E-state index in [1.807, 2.05) is 50.5 Å². The third kappa shape index (κ3) is 10.4. The van der Waals surface area contributed by atoms with E-state index in [-0.39, 0.29) is 23.6 Å². The molecule has 0 spiro atoms. The van der Waals surface area contributed by atoms with Crippen LogP contribution in [0.2, 0.25) is 0 Å². The summed E-state index contributed by atoms with van der Waals surface area (Å²) in [5, 5.41) is 5.26. The van der Waals surface area contributed by atoms with E-state index in [0.29, 0.717) is 24.7 Å². The molecule has 12 heteroatoms.